The molecule has 7 heteroatoms. The molecule has 0 saturated carbocycles. The zero-order chi connectivity index (χ0) is 18.1. The van der Waals surface area contributed by atoms with Gasteiger partial charge in [0.2, 0.25) is 5.89 Å². The molecule has 4 aromatic rings. The summed E-state index contributed by atoms with van der Waals surface area (Å²) in [6.45, 7) is 0. The van der Waals surface area contributed by atoms with E-state index in [-0.39, 0.29) is 5.91 Å². The SMILES string of the molecule is O=C(Nc1ccc(Cl)c(-c2nc3ncccc3o2)c1)c1ccccc1Cl. The molecule has 128 valence electrons. The van der Waals surface area contributed by atoms with Crippen LogP contribution in [0.25, 0.3) is 22.7 Å². The Labute approximate surface area is 158 Å². The van der Waals surface area contributed by atoms with Gasteiger partial charge in [-0.05, 0) is 42.5 Å². The second-order valence-electron chi connectivity index (χ2n) is 5.47. The number of carbonyl (C=O) groups excluding carboxylic acids is 1. The van der Waals surface area contributed by atoms with Crippen LogP contribution in [0.15, 0.2) is 65.2 Å². The van der Waals surface area contributed by atoms with E-state index in [2.05, 4.69) is 15.3 Å². The van der Waals surface area contributed by atoms with Crippen molar-refractivity contribution in [1.29, 1.82) is 0 Å². The molecule has 0 aliphatic carbocycles. The van der Waals surface area contributed by atoms with Gasteiger partial charge in [-0.3, -0.25) is 4.79 Å². The fourth-order valence-corrected chi connectivity index (χ4v) is 2.91. The second kappa shape index (κ2) is 6.78. The molecule has 26 heavy (non-hydrogen) atoms. The lowest BCUT2D eigenvalue weighted by molar-refractivity contribution is 0.102. The van der Waals surface area contributed by atoms with Gasteiger partial charge >= 0.3 is 0 Å². The molecule has 0 radical (unpaired) electrons. The van der Waals surface area contributed by atoms with Crippen LogP contribution in [-0.4, -0.2) is 15.9 Å². The van der Waals surface area contributed by atoms with Crippen molar-refractivity contribution in [3.63, 3.8) is 0 Å². The van der Waals surface area contributed by atoms with E-state index in [1.54, 1.807) is 60.8 Å². The van der Waals surface area contributed by atoms with Crippen molar-refractivity contribution in [2.24, 2.45) is 0 Å². The van der Waals surface area contributed by atoms with Gasteiger partial charge in [0, 0.05) is 11.9 Å². The fourth-order valence-electron chi connectivity index (χ4n) is 2.49. The first-order valence-corrected chi connectivity index (χ1v) is 8.45. The predicted octanol–water partition coefficient (Wildman–Crippen LogP) is 5.45. The number of hydrogen-bond donors (Lipinski definition) is 1. The molecule has 0 fully saturated rings. The summed E-state index contributed by atoms with van der Waals surface area (Å²) in [6, 6.07) is 15.4. The quantitative estimate of drug-likeness (QED) is 0.510. The van der Waals surface area contributed by atoms with Crippen molar-refractivity contribution >= 4 is 46.0 Å². The van der Waals surface area contributed by atoms with Gasteiger partial charge in [-0.1, -0.05) is 35.3 Å². The van der Waals surface area contributed by atoms with Crippen LogP contribution in [0.2, 0.25) is 10.0 Å². The Morgan fingerprint density at radius 1 is 1.00 bits per heavy atom. The number of oxazole rings is 1. The van der Waals surface area contributed by atoms with Gasteiger partial charge in [0.25, 0.3) is 5.91 Å². The molecule has 0 saturated heterocycles. The van der Waals surface area contributed by atoms with Crippen molar-refractivity contribution in [2.75, 3.05) is 5.32 Å². The first-order chi connectivity index (χ1) is 12.6. The second-order valence-corrected chi connectivity index (χ2v) is 6.29. The van der Waals surface area contributed by atoms with E-state index < -0.39 is 0 Å². The van der Waals surface area contributed by atoms with Crippen molar-refractivity contribution in [3.8, 4) is 11.5 Å². The van der Waals surface area contributed by atoms with Crippen molar-refractivity contribution in [3.05, 3.63) is 76.4 Å². The van der Waals surface area contributed by atoms with Crippen LogP contribution in [0, 0.1) is 0 Å². The van der Waals surface area contributed by atoms with Gasteiger partial charge in [-0.2, -0.15) is 4.98 Å². The maximum atomic E-state index is 12.4. The molecule has 2 aromatic carbocycles. The third kappa shape index (κ3) is 3.14. The Hall–Kier alpha value is -2.89. The summed E-state index contributed by atoms with van der Waals surface area (Å²) in [4.78, 5) is 20.9. The molecule has 0 aliphatic rings. The Morgan fingerprint density at radius 2 is 1.85 bits per heavy atom. The van der Waals surface area contributed by atoms with Crippen LogP contribution in [0.4, 0.5) is 5.69 Å². The topological polar surface area (TPSA) is 68.0 Å². The molecule has 0 spiro atoms. The molecule has 2 aromatic heterocycles. The monoisotopic (exact) mass is 383 g/mol. The summed E-state index contributed by atoms with van der Waals surface area (Å²) >= 11 is 12.4. The normalized spacial score (nSPS) is 10.8. The lowest BCUT2D eigenvalue weighted by Gasteiger charge is -2.08. The number of fused-ring (bicyclic) bond motifs is 1. The number of nitrogens with zero attached hydrogens (tertiary/aromatic N) is 2. The highest BCUT2D eigenvalue weighted by Gasteiger charge is 2.15. The van der Waals surface area contributed by atoms with Gasteiger partial charge in [0.15, 0.2) is 11.2 Å². The summed E-state index contributed by atoms with van der Waals surface area (Å²) in [5.41, 5.74) is 2.54. The van der Waals surface area contributed by atoms with E-state index in [0.29, 0.717) is 44.0 Å². The zero-order valence-electron chi connectivity index (χ0n) is 13.2. The predicted molar refractivity (Wildman–Crippen MR) is 102 cm³/mol. The van der Waals surface area contributed by atoms with E-state index >= 15 is 0 Å². The largest absolute Gasteiger partial charge is 0.434 e. The number of carbonyl (C=O) groups is 1. The molecule has 5 nitrogen and oxygen atoms in total. The van der Waals surface area contributed by atoms with E-state index in [1.165, 1.54) is 0 Å². The third-order valence-corrected chi connectivity index (χ3v) is 4.40. The molecule has 0 unspecified atom stereocenters. The van der Waals surface area contributed by atoms with Crippen LogP contribution < -0.4 is 5.32 Å². The zero-order valence-corrected chi connectivity index (χ0v) is 14.8. The highest BCUT2D eigenvalue weighted by atomic mass is 35.5. The highest BCUT2D eigenvalue weighted by molar-refractivity contribution is 6.34. The number of benzene rings is 2. The molecular formula is C19H11Cl2N3O2. The number of hydrogen-bond acceptors (Lipinski definition) is 4. The van der Waals surface area contributed by atoms with Crippen LogP contribution in [0.1, 0.15) is 10.4 Å². The van der Waals surface area contributed by atoms with Gasteiger partial charge in [0.05, 0.1) is 21.2 Å². The number of aromatic nitrogens is 2. The average molecular weight is 384 g/mol. The first-order valence-electron chi connectivity index (χ1n) is 7.69. The lowest BCUT2D eigenvalue weighted by Crippen LogP contribution is -2.12. The minimum absolute atomic E-state index is 0.317. The van der Waals surface area contributed by atoms with Crippen LogP contribution in [-0.2, 0) is 0 Å². The standard InChI is InChI=1S/C19H11Cl2N3O2/c20-14-5-2-1-4-12(14)18(25)23-11-7-8-15(21)13(10-11)19-24-17-16(26-19)6-3-9-22-17/h1-10H,(H,23,25). The maximum Gasteiger partial charge on any atom is 0.257 e. The van der Waals surface area contributed by atoms with Crippen LogP contribution >= 0.6 is 23.2 Å². The van der Waals surface area contributed by atoms with Gasteiger partial charge in [-0.15, -0.1) is 0 Å². The Bertz CT molecular complexity index is 1090. The van der Waals surface area contributed by atoms with E-state index in [9.17, 15) is 4.79 Å². The molecular weight excluding hydrogens is 373 g/mol. The summed E-state index contributed by atoms with van der Waals surface area (Å²) in [5.74, 6) is 0.0145. The summed E-state index contributed by atoms with van der Waals surface area (Å²) < 4.78 is 5.71. The number of amides is 1. The molecule has 2 heterocycles. The van der Waals surface area contributed by atoms with Gasteiger partial charge in [-0.25, -0.2) is 4.98 Å². The maximum absolute atomic E-state index is 12.4. The Kier molecular flexibility index (Phi) is 4.32. The molecule has 1 amide bonds. The van der Waals surface area contributed by atoms with Crippen LogP contribution in [0.3, 0.4) is 0 Å². The van der Waals surface area contributed by atoms with E-state index in [1.807, 2.05) is 0 Å². The number of pyridine rings is 1. The Balaban J connectivity index is 1.68. The average Bonchev–Trinajstić information content (AvgIpc) is 3.07. The summed E-state index contributed by atoms with van der Waals surface area (Å²) in [5, 5.41) is 3.63. The highest BCUT2D eigenvalue weighted by Crippen LogP contribution is 2.32. The van der Waals surface area contributed by atoms with Crippen LogP contribution in [0.5, 0.6) is 0 Å². The first kappa shape index (κ1) is 16.6. The molecule has 0 atom stereocenters. The third-order valence-electron chi connectivity index (χ3n) is 3.74. The van der Waals surface area contributed by atoms with E-state index in [0.717, 1.165) is 0 Å². The molecule has 4 rings (SSSR count). The fraction of sp³-hybridized carbons (Fsp3) is 0. The number of anilines is 1. The molecule has 0 bridgehead atoms. The number of halogens is 2. The minimum atomic E-state index is -0.317. The Morgan fingerprint density at radius 3 is 2.65 bits per heavy atom. The van der Waals surface area contributed by atoms with Crippen molar-refractivity contribution < 1.29 is 9.21 Å². The van der Waals surface area contributed by atoms with Gasteiger partial charge in [0.1, 0.15) is 0 Å². The van der Waals surface area contributed by atoms with Crippen molar-refractivity contribution in [1.82, 2.24) is 9.97 Å². The number of rotatable bonds is 3. The molecule has 0 aliphatic heterocycles. The van der Waals surface area contributed by atoms with E-state index in [4.69, 9.17) is 27.6 Å². The number of nitrogens with one attached hydrogen (secondary N) is 1. The van der Waals surface area contributed by atoms with Crippen molar-refractivity contribution in [2.45, 2.75) is 0 Å². The minimum Gasteiger partial charge on any atom is -0.434 e. The smallest absolute Gasteiger partial charge is 0.257 e. The summed E-state index contributed by atoms with van der Waals surface area (Å²) in [6.07, 6.45) is 1.64. The summed E-state index contributed by atoms with van der Waals surface area (Å²) in [7, 11) is 0. The molecule has 1 N–H and O–H groups in total. The lowest BCUT2D eigenvalue weighted by atomic mass is 10.1. The van der Waals surface area contributed by atoms with Gasteiger partial charge < -0.3 is 9.73 Å².